The zero-order valence-electron chi connectivity index (χ0n) is 11.4. The van der Waals surface area contributed by atoms with Crippen LogP contribution in [0.15, 0.2) is 24.3 Å². The molecule has 19 heavy (non-hydrogen) atoms. The van der Waals surface area contributed by atoms with Crippen molar-refractivity contribution in [2.75, 3.05) is 19.7 Å². The molecule has 1 aromatic rings. The largest absolute Gasteiger partial charge is 0.396 e. The van der Waals surface area contributed by atoms with Gasteiger partial charge in [-0.05, 0) is 24.1 Å². The number of urea groups is 1. The van der Waals surface area contributed by atoms with Crippen LogP contribution in [-0.4, -0.2) is 30.8 Å². The number of carbonyl (C=O) groups is 1. The number of halogens is 1. The van der Waals surface area contributed by atoms with Crippen LogP contribution in [0.4, 0.5) is 9.18 Å². The number of carbonyl (C=O) groups excluding carboxylic acids is 1. The molecule has 0 saturated heterocycles. The molecule has 4 nitrogen and oxygen atoms in total. The fourth-order valence-corrected chi connectivity index (χ4v) is 1.66. The maximum absolute atomic E-state index is 13.2. The van der Waals surface area contributed by atoms with E-state index in [9.17, 15) is 9.18 Å². The van der Waals surface area contributed by atoms with E-state index in [-0.39, 0.29) is 23.9 Å². The third-order valence-corrected chi connectivity index (χ3v) is 2.92. The van der Waals surface area contributed by atoms with Gasteiger partial charge in [-0.3, -0.25) is 0 Å². The first kappa shape index (κ1) is 15.4. The van der Waals surface area contributed by atoms with E-state index in [0.29, 0.717) is 19.5 Å². The van der Waals surface area contributed by atoms with E-state index in [1.54, 1.807) is 6.07 Å². The van der Waals surface area contributed by atoms with Gasteiger partial charge in [0.25, 0.3) is 0 Å². The van der Waals surface area contributed by atoms with E-state index >= 15 is 0 Å². The van der Waals surface area contributed by atoms with Gasteiger partial charge in [0, 0.05) is 25.1 Å². The van der Waals surface area contributed by atoms with Crippen LogP contribution in [0.1, 0.15) is 25.8 Å². The van der Waals surface area contributed by atoms with Crippen LogP contribution in [-0.2, 0) is 5.41 Å². The van der Waals surface area contributed by atoms with Crippen LogP contribution in [0, 0.1) is 5.82 Å². The summed E-state index contributed by atoms with van der Waals surface area (Å²) in [5.74, 6) is -0.280. The van der Waals surface area contributed by atoms with Gasteiger partial charge < -0.3 is 15.7 Å². The first-order valence-electron chi connectivity index (χ1n) is 6.34. The number of hydrogen-bond acceptors (Lipinski definition) is 2. The summed E-state index contributed by atoms with van der Waals surface area (Å²) in [5, 5.41) is 14.0. The number of aliphatic hydroxyl groups is 1. The smallest absolute Gasteiger partial charge is 0.314 e. The van der Waals surface area contributed by atoms with Gasteiger partial charge in [0.1, 0.15) is 5.82 Å². The highest BCUT2D eigenvalue weighted by atomic mass is 19.1. The Balaban J connectivity index is 2.48. The average Bonchev–Trinajstić information content (AvgIpc) is 2.37. The van der Waals surface area contributed by atoms with Crippen molar-refractivity contribution < 1.29 is 14.3 Å². The quantitative estimate of drug-likeness (QED) is 0.689. The third-order valence-electron chi connectivity index (χ3n) is 2.92. The second kappa shape index (κ2) is 7.09. The van der Waals surface area contributed by atoms with Crippen molar-refractivity contribution in [1.29, 1.82) is 0 Å². The van der Waals surface area contributed by atoms with E-state index in [4.69, 9.17) is 5.11 Å². The first-order chi connectivity index (χ1) is 8.95. The zero-order chi connectivity index (χ0) is 14.3. The Bertz CT molecular complexity index is 422. The van der Waals surface area contributed by atoms with Gasteiger partial charge in [0.05, 0.1) is 0 Å². The number of nitrogens with one attached hydrogen (secondary N) is 2. The van der Waals surface area contributed by atoms with Crippen LogP contribution < -0.4 is 10.6 Å². The molecule has 3 N–H and O–H groups in total. The topological polar surface area (TPSA) is 61.4 Å². The minimum absolute atomic E-state index is 0.0507. The summed E-state index contributed by atoms with van der Waals surface area (Å²) in [6.45, 7) is 4.77. The molecule has 0 unspecified atom stereocenters. The fourth-order valence-electron chi connectivity index (χ4n) is 1.66. The van der Waals surface area contributed by atoms with E-state index in [0.717, 1.165) is 5.56 Å². The Labute approximate surface area is 113 Å². The van der Waals surface area contributed by atoms with Crippen molar-refractivity contribution in [3.8, 4) is 0 Å². The molecule has 0 aliphatic carbocycles. The van der Waals surface area contributed by atoms with Crippen molar-refractivity contribution in [3.63, 3.8) is 0 Å². The maximum atomic E-state index is 13.2. The molecule has 0 aromatic heterocycles. The van der Waals surface area contributed by atoms with Gasteiger partial charge in [0.2, 0.25) is 0 Å². The monoisotopic (exact) mass is 268 g/mol. The summed E-state index contributed by atoms with van der Waals surface area (Å²) in [7, 11) is 0. The molecule has 2 amide bonds. The Kier molecular flexibility index (Phi) is 5.76. The molecular weight excluding hydrogens is 247 g/mol. The third kappa shape index (κ3) is 5.26. The second-order valence-electron chi connectivity index (χ2n) is 5.08. The van der Waals surface area contributed by atoms with Crippen molar-refractivity contribution in [2.45, 2.75) is 25.7 Å². The fraction of sp³-hybridized carbons (Fsp3) is 0.500. The highest BCUT2D eigenvalue weighted by Crippen LogP contribution is 2.22. The molecule has 0 aliphatic rings. The summed E-state index contributed by atoms with van der Waals surface area (Å²) in [4.78, 5) is 11.5. The van der Waals surface area contributed by atoms with Crippen molar-refractivity contribution in [2.24, 2.45) is 0 Å². The number of rotatable bonds is 6. The molecule has 0 atom stereocenters. The van der Waals surface area contributed by atoms with Gasteiger partial charge in [-0.1, -0.05) is 26.0 Å². The molecule has 1 rings (SSSR count). The molecule has 106 valence electrons. The SMILES string of the molecule is CC(C)(CNC(=O)NCCCO)c1cccc(F)c1. The average molecular weight is 268 g/mol. The normalized spacial score (nSPS) is 11.2. The van der Waals surface area contributed by atoms with Gasteiger partial charge >= 0.3 is 6.03 Å². The lowest BCUT2D eigenvalue weighted by Crippen LogP contribution is -2.42. The van der Waals surface area contributed by atoms with Gasteiger partial charge in [-0.2, -0.15) is 0 Å². The number of amides is 2. The summed E-state index contributed by atoms with van der Waals surface area (Å²) in [6, 6.07) is 6.10. The van der Waals surface area contributed by atoms with E-state index < -0.39 is 0 Å². The Morgan fingerprint density at radius 3 is 2.74 bits per heavy atom. The van der Waals surface area contributed by atoms with Gasteiger partial charge in [0.15, 0.2) is 0 Å². The number of aliphatic hydroxyl groups excluding tert-OH is 1. The lowest BCUT2D eigenvalue weighted by atomic mass is 9.84. The predicted molar refractivity (Wildman–Crippen MR) is 72.5 cm³/mol. The first-order valence-corrected chi connectivity index (χ1v) is 6.34. The van der Waals surface area contributed by atoms with Gasteiger partial charge in [-0.15, -0.1) is 0 Å². The summed E-state index contributed by atoms with van der Waals surface area (Å²) >= 11 is 0. The number of benzene rings is 1. The number of hydrogen-bond donors (Lipinski definition) is 3. The van der Waals surface area contributed by atoms with Crippen molar-refractivity contribution in [1.82, 2.24) is 10.6 Å². The predicted octanol–water partition coefficient (Wildman–Crippen LogP) is 1.78. The maximum Gasteiger partial charge on any atom is 0.314 e. The van der Waals surface area contributed by atoms with Crippen molar-refractivity contribution in [3.05, 3.63) is 35.6 Å². The molecule has 0 bridgehead atoms. The van der Waals surface area contributed by atoms with Crippen LogP contribution in [0.2, 0.25) is 0 Å². The van der Waals surface area contributed by atoms with Crippen LogP contribution in [0.3, 0.4) is 0 Å². The standard InChI is InChI=1S/C14H21FN2O2/c1-14(2,11-5-3-6-12(15)9-11)10-17-13(19)16-7-4-8-18/h3,5-6,9,18H,4,7-8,10H2,1-2H3,(H2,16,17,19). The molecule has 0 fully saturated rings. The van der Waals surface area contributed by atoms with Crippen molar-refractivity contribution >= 4 is 6.03 Å². The Morgan fingerprint density at radius 1 is 1.37 bits per heavy atom. The van der Waals surface area contributed by atoms with Crippen LogP contribution in [0.5, 0.6) is 0 Å². The minimum Gasteiger partial charge on any atom is -0.396 e. The molecular formula is C14H21FN2O2. The van der Waals surface area contributed by atoms with E-state index in [1.807, 2.05) is 19.9 Å². The molecule has 0 spiro atoms. The Morgan fingerprint density at radius 2 is 2.11 bits per heavy atom. The minimum atomic E-state index is -0.351. The highest BCUT2D eigenvalue weighted by molar-refractivity contribution is 5.73. The summed E-state index contributed by atoms with van der Waals surface area (Å²) < 4.78 is 13.2. The summed E-state index contributed by atoms with van der Waals surface area (Å²) in [6.07, 6.45) is 0.528. The molecule has 1 aromatic carbocycles. The lowest BCUT2D eigenvalue weighted by molar-refractivity contribution is 0.235. The van der Waals surface area contributed by atoms with E-state index in [1.165, 1.54) is 12.1 Å². The molecule has 0 aliphatic heterocycles. The second-order valence-corrected chi connectivity index (χ2v) is 5.08. The molecule has 5 heteroatoms. The molecule has 0 heterocycles. The van der Waals surface area contributed by atoms with E-state index in [2.05, 4.69) is 10.6 Å². The molecule has 0 radical (unpaired) electrons. The molecule has 0 saturated carbocycles. The van der Waals surface area contributed by atoms with Crippen LogP contribution in [0.25, 0.3) is 0 Å². The summed E-state index contributed by atoms with van der Waals surface area (Å²) in [5.41, 5.74) is 0.485. The van der Waals surface area contributed by atoms with Gasteiger partial charge in [-0.25, -0.2) is 9.18 Å². The highest BCUT2D eigenvalue weighted by Gasteiger charge is 2.21. The van der Waals surface area contributed by atoms with Crippen LogP contribution >= 0.6 is 0 Å². The lowest BCUT2D eigenvalue weighted by Gasteiger charge is -2.25. The zero-order valence-corrected chi connectivity index (χ0v) is 11.4. The Hall–Kier alpha value is -1.62.